The van der Waals surface area contributed by atoms with Crippen LogP contribution in [0.15, 0.2) is 63.9 Å². The van der Waals surface area contributed by atoms with Crippen LogP contribution >= 0.6 is 0 Å². The minimum absolute atomic E-state index is 0.625. The normalized spacial score (nSPS) is 18.2. The Labute approximate surface area is 192 Å². The van der Waals surface area contributed by atoms with Gasteiger partial charge in [0, 0.05) is 39.0 Å². The lowest BCUT2D eigenvalue weighted by Crippen LogP contribution is -2.28. The second-order valence-corrected chi connectivity index (χ2v) is 8.29. The SMILES string of the molecule is C#CCC/C(=N\O)C1=CCCN(C)C1.CN1CCC=C(/C(CCc2ccccc2)=N/O)C1. The molecule has 3 rings (SSSR count). The molecule has 0 unspecified atom stereocenters. The van der Waals surface area contributed by atoms with Crippen molar-refractivity contribution in [3.63, 3.8) is 0 Å². The van der Waals surface area contributed by atoms with E-state index in [1.165, 1.54) is 11.1 Å². The minimum atomic E-state index is 0.625. The van der Waals surface area contributed by atoms with E-state index in [1.54, 1.807) is 0 Å². The van der Waals surface area contributed by atoms with Crippen LogP contribution in [0.3, 0.4) is 0 Å². The second-order valence-electron chi connectivity index (χ2n) is 8.29. The van der Waals surface area contributed by atoms with Crippen molar-refractivity contribution < 1.29 is 10.4 Å². The van der Waals surface area contributed by atoms with Crippen LogP contribution in [0, 0.1) is 12.3 Å². The van der Waals surface area contributed by atoms with E-state index in [1.807, 2.05) is 18.2 Å². The molecule has 0 atom stereocenters. The molecule has 2 heterocycles. The van der Waals surface area contributed by atoms with Gasteiger partial charge in [0.2, 0.25) is 0 Å². The molecule has 1 aromatic rings. The maximum absolute atomic E-state index is 9.17. The zero-order valence-electron chi connectivity index (χ0n) is 19.4. The molecular weight excluding hydrogens is 400 g/mol. The lowest BCUT2D eigenvalue weighted by molar-refractivity contribution is 0.315. The second kappa shape index (κ2) is 14.2. The average Bonchev–Trinajstić information content (AvgIpc) is 2.81. The Bertz CT molecular complexity index is 866. The smallest absolute Gasteiger partial charge is 0.0846 e. The number of aryl methyl sites for hydroxylation is 1. The van der Waals surface area contributed by atoms with Crippen LogP contribution < -0.4 is 0 Å². The number of terminal acetylenes is 1. The third-order valence-electron chi connectivity index (χ3n) is 5.67. The first-order valence-electron chi connectivity index (χ1n) is 11.2. The lowest BCUT2D eigenvalue weighted by Gasteiger charge is -2.23. The van der Waals surface area contributed by atoms with Gasteiger partial charge in [0.25, 0.3) is 0 Å². The summed E-state index contributed by atoms with van der Waals surface area (Å²) in [6.45, 7) is 3.89. The van der Waals surface area contributed by atoms with E-state index in [9.17, 15) is 5.21 Å². The first-order chi connectivity index (χ1) is 15.6. The number of nitrogens with zero attached hydrogens (tertiary/aromatic N) is 4. The lowest BCUT2D eigenvalue weighted by atomic mass is 9.99. The molecule has 0 amide bonds. The van der Waals surface area contributed by atoms with E-state index in [0.717, 1.165) is 68.9 Å². The van der Waals surface area contributed by atoms with Crippen LogP contribution in [0.4, 0.5) is 0 Å². The Balaban J connectivity index is 0.000000235. The molecule has 0 fully saturated rings. The van der Waals surface area contributed by atoms with Crippen LogP contribution in [0.1, 0.15) is 37.7 Å². The van der Waals surface area contributed by atoms with E-state index in [0.29, 0.717) is 12.8 Å². The van der Waals surface area contributed by atoms with Gasteiger partial charge in [-0.3, -0.25) is 0 Å². The van der Waals surface area contributed by atoms with Gasteiger partial charge < -0.3 is 20.2 Å². The molecule has 0 spiro atoms. The topological polar surface area (TPSA) is 71.7 Å². The third kappa shape index (κ3) is 8.70. The highest BCUT2D eigenvalue weighted by atomic mass is 16.4. The monoisotopic (exact) mass is 436 g/mol. The average molecular weight is 437 g/mol. The van der Waals surface area contributed by atoms with Gasteiger partial charge in [0.1, 0.15) is 0 Å². The van der Waals surface area contributed by atoms with Crippen LogP contribution in [0.25, 0.3) is 0 Å². The highest BCUT2D eigenvalue weighted by Crippen LogP contribution is 2.14. The summed E-state index contributed by atoms with van der Waals surface area (Å²) in [5, 5.41) is 24.8. The van der Waals surface area contributed by atoms with Crippen molar-refractivity contribution in [2.45, 2.75) is 38.5 Å². The molecule has 32 heavy (non-hydrogen) atoms. The van der Waals surface area contributed by atoms with Gasteiger partial charge in [-0.05, 0) is 56.5 Å². The number of likely N-dealkylation sites (N-methyl/N-ethyl adjacent to an activating group) is 2. The molecule has 2 aliphatic heterocycles. The number of hydrogen-bond donors (Lipinski definition) is 2. The number of benzene rings is 1. The third-order valence-corrected chi connectivity index (χ3v) is 5.67. The summed E-state index contributed by atoms with van der Waals surface area (Å²) >= 11 is 0. The van der Waals surface area contributed by atoms with Crippen LogP contribution in [0.5, 0.6) is 0 Å². The molecular formula is C26H36N4O2. The molecule has 6 nitrogen and oxygen atoms in total. The minimum Gasteiger partial charge on any atom is -0.411 e. The predicted molar refractivity (Wildman–Crippen MR) is 132 cm³/mol. The molecule has 1 aromatic carbocycles. The summed E-state index contributed by atoms with van der Waals surface area (Å²) < 4.78 is 0. The van der Waals surface area contributed by atoms with Gasteiger partial charge in [0.05, 0.1) is 11.4 Å². The molecule has 0 saturated carbocycles. The Morgan fingerprint density at radius 1 is 0.906 bits per heavy atom. The van der Waals surface area contributed by atoms with Crippen molar-refractivity contribution in [2.75, 3.05) is 40.3 Å². The van der Waals surface area contributed by atoms with E-state index >= 15 is 0 Å². The van der Waals surface area contributed by atoms with Crippen molar-refractivity contribution in [3.05, 3.63) is 59.2 Å². The van der Waals surface area contributed by atoms with Gasteiger partial charge in [-0.15, -0.1) is 12.3 Å². The van der Waals surface area contributed by atoms with Gasteiger partial charge in [-0.25, -0.2) is 0 Å². The maximum atomic E-state index is 9.17. The number of hydrogen-bond acceptors (Lipinski definition) is 6. The summed E-state index contributed by atoms with van der Waals surface area (Å²) in [7, 11) is 4.16. The Kier molecular flexibility index (Phi) is 11.3. The fraction of sp³-hybridized carbons (Fsp3) is 0.462. The summed E-state index contributed by atoms with van der Waals surface area (Å²) in [5.41, 5.74) is 5.11. The molecule has 6 heteroatoms. The Hall–Kier alpha value is -2.88. The van der Waals surface area contributed by atoms with Crippen molar-refractivity contribution in [3.8, 4) is 12.3 Å². The van der Waals surface area contributed by atoms with Crippen molar-refractivity contribution in [1.29, 1.82) is 0 Å². The fourth-order valence-electron chi connectivity index (χ4n) is 3.85. The van der Waals surface area contributed by atoms with Gasteiger partial charge in [-0.1, -0.05) is 52.8 Å². The molecule has 172 valence electrons. The molecule has 0 bridgehead atoms. The van der Waals surface area contributed by atoms with Gasteiger partial charge >= 0.3 is 0 Å². The zero-order valence-corrected chi connectivity index (χ0v) is 19.4. The van der Waals surface area contributed by atoms with Crippen molar-refractivity contribution >= 4 is 11.4 Å². The molecule has 2 N–H and O–H groups in total. The standard InChI is InChI=1S/C15H20N2O.C11H16N2O/c1-17-11-5-8-14(12-17)15(16-18)10-9-13-6-3-2-4-7-13;1-3-4-7-11(12-14)10-6-5-8-13(2)9-10/h2-4,6-8,18H,5,9-12H2,1H3;1,6,14H,4-5,7-9H2,2H3/b16-15+;12-11+. The number of oxime groups is 2. The highest BCUT2D eigenvalue weighted by Gasteiger charge is 2.15. The van der Waals surface area contributed by atoms with Gasteiger partial charge in [-0.2, -0.15) is 0 Å². The van der Waals surface area contributed by atoms with E-state index in [4.69, 9.17) is 11.6 Å². The van der Waals surface area contributed by atoms with Crippen LogP contribution in [-0.2, 0) is 6.42 Å². The van der Waals surface area contributed by atoms with E-state index < -0.39 is 0 Å². The first kappa shape index (κ1) is 25.4. The van der Waals surface area contributed by atoms with E-state index in [2.05, 4.69) is 64.4 Å². The van der Waals surface area contributed by atoms with Gasteiger partial charge in [0.15, 0.2) is 0 Å². The summed E-state index contributed by atoms with van der Waals surface area (Å²) in [5.74, 6) is 2.55. The Morgan fingerprint density at radius 3 is 1.91 bits per heavy atom. The van der Waals surface area contributed by atoms with Crippen LogP contribution in [-0.4, -0.2) is 71.9 Å². The number of rotatable bonds is 7. The summed E-state index contributed by atoms with van der Waals surface area (Å²) in [4.78, 5) is 4.46. The fourth-order valence-corrected chi connectivity index (χ4v) is 3.85. The predicted octanol–water partition coefficient (Wildman–Crippen LogP) is 4.20. The zero-order chi connectivity index (χ0) is 23.2. The quantitative estimate of drug-likeness (QED) is 0.291. The highest BCUT2D eigenvalue weighted by molar-refractivity contribution is 6.00. The summed E-state index contributed by atoms with van der Waals surface area (Å²) in [6.07, 6.45) is 14.5. The summed E-state index contributed by atoms with van der Waals surface area (Å²) in [6, 6.07) is 10.3. The molecule has 2 aliphatic rings. The molecule has 0 aliphatic carbocycles. The van der Waals surface area contributed by atoms with Crippen molar-refractivity contribution in [1.82, 2.24) is 9.80 Å². The Morgan fingerprint density at radius 2 is 1.44 bits per heavy atom. The molecule has 0 saturated heterocycles. The van der Waals surface area contributed by atoms with Crippen LogP contribution in [0.2, 0.25) is 0 Å². The van der Waals surface area contributed by atoms with E-state index in [-0.39, 0.29) is 0 Å². The maximum Gasteiger partial charge on any atom is 0.0846 e. The first-order valence-corrected chi connectivity index (χ1v) is 11.2. The van der Waals surface area contributed by atoms with Crippen molar-refractivity contribution in [2.24, 2.45) is 10.3 Å². The largest absolute Gasteiger partial charge is 0.411 e. The molecule has 0 aromatic heterocycles. The molecule has 0 radical (unpaired) electrons.